The molecule has 0 aromatic heterocycles. The Kier molecular flexibility index (Phi) is 3.34. The summed E-state index contributed by atoms with van der Waals surface area (Å²) in [5.74, 6) is 0.348. The molecular formula is C13H23N3O. The van der Waals surface area contributed by atoms with E-state index in [1.54, 1.807) is 0 Å². The van der Waals surface area contributed by atoms with Gasteiger partial charge in [-0.05, 0) is 45.2 Å². The van der Waals surface area contributed by atoms with Crippen LogP contribution in [-0.4, -0.2) is 60.5 Å². The SMILES string of the molecule is O=C(CN1CCCC1C1CCCN1)N1CCC1. The van der Waals surface area contributed by atoms with Crippen LogP contribution in [0.15, 0.2) is 0 Å². The Morgan fingerprint density at radius 1 is 1.12 bits per heavy atom. The van der Waals surface area contributed by atoms with E-state index in [1.807, 2.05) is 4.90 Å². The van der Waals surface area contributed by atoms with Crippen molar-refractivity contribution in [2.75, 3.05) is 32.7 Å². The summed E-state index contributed by atoms with van der Waals surface area (Å²) in [7, 11) is 0. The zero-order valence-corrected chi connectivity index (χ0v) is 10.5. The Bertz CT molecular complexity index is 284. The molecule has 3 rings (SSSR count). The second kappa shape index (κ2) is 4.94. The Hall–Kier alpha value is -0.610. The molecule has 3 saturated heterocycles. The molecule has 0 aliphatic carbocycles. The van der Waals surface area contributed by atoms with Crippen LogP contribution in [0.25, 0.3) is 0 Å². The number of hydrogen-bond donors (Lipinski definition) is 1. The number of nitrogens with zero attached hydrogens (tertiary/aromatic N) is 2. The van der Waals surface area contributed by atoms with Crippen LogP contribution in [-0.2, 0) is 4.79 Å². The van der Waals surface area contributed by atoms with Gasteiger partial charge in [0.05, 0.1) is 6.54 Å². The molecule has 4 heteroatoms. The topological polar surface area (TPSA) is 35.6 Å². The summed E-state index contributed by atoms with van der Waals surface area (Å²) in [6.07, 6.45) is 6.31. The lowest BCUT2D eigenvalue weighted by molar-refractivity contribution is -0.136. The van der Waals surface area contributed by atoms with Crippen molar-refractivity contribution in [3.63, 3.8) is 0 Å². The molecule has 2 atom stereocenters. The predicted octanol–water partition coefficient (Wildman–Crippen LogP) is 0.435. The number of rotatable bonds is 3. The van der Waals surface area contributed by atoms with Gasteiger partial charge in [0.15, 0.2) is 0 Å². The van der Waals surface area contributed by atoms with Gasteiger partial charge >= 0.3 is 0 Å². The second-order valence-electron chi connectivity index (χ2n) is 5.62. The number of hydrogen-bond acceptors (Lipinski definition) is 3. The second-order valence-corrected chi connectivity index (χ2v) is 5.62. The number of likely N-dealkylation sites (tertiary alicyclic amines) is 2. The van der Waals surface area contributed by atoms with Crippen molar-refractivity contribution >= 4 is 5.91 Å². The minimum atomic E-state index is 0.348. The highest BCUT2D eigenvalue weighted by Gasteiger charge is 2.35. The molecule has 3 fully saturated rings. The average Bonchev–Trinajstić information content (AvgIpc) is 2.82. The Labute approximate surface area is 103 Å². The standard InChI is InChI=1S/C13H23N3O/c17-13(15-8-3-9-15)10-16-7-2-5-12(16)11-4-1-6-14-11/h11-12,14H,1-10H2. The van der Waals surface area contributed by atoms with E-state index in [0.29, 0.717) is 24.5 Å². The van der Waals surface area contributed by atoms with Crippen molar-refractivity contribution in [2.45, 2.75) is 44.2 Å². The lowest BCUT2D eigenvalue weighted by Gasteiger charge is -2.35. The van der Waals surface area contributed by atoms with Gasteiger partial charge in [0, 0.05) is 25.2 Å². The van der Waals surface area contributed by atoms with Gasteiger partial charge in [-0.15, -0.1) is 0 Å². The molecule has 2 unspecified atom stereocenters. The Balaban J connectivity index is 1.55. The fraction of sp³-hybridized carbons (Fsp3) is 0.923. The van der Waals surface area contributed by atoms with Gasteiger partial charge < -0.3 is 10.2 Å². The lowest BCUT2D eigenvalue weighted by Crippen LogP contribution is -2.51. The summed E-state index contributed by atoms with van der Waals surface area (Å²) < 4.78 is 0. The molecule has 0 aromatic rings. The molecule has 4 nitrogen and oxygen atoms in total. The molecule has 1 amide bonds. The number of amides is 1. The molecule has 0 saturated carbocycles. The van der Waals surface area contributed by atoms with Crippen LogP contribution >= 0.6 is 0 Å². The van der Waals surface area contributed by atoms with Crippen molar-refractivity contribution in [1.29, 1.82) is 0 Å². The van der Waals surface area contributed by atoms with Crippen LogP contribution in [0.1, 0.15) is 32.1 Å². The smallest absolute Gasteiger partial charge is 0.236 e. The summed E-state index contributed by atoms with van der Waals surface area (Å²) >= 11 is 0. The van der Waals surface area contributed by atoms with Gasteiger partial charge in [0.1, 0.15) is 0 Å². The minimum absolute atomic E-state index is 0.348. The first-order valence-corrected chi connectivity index (χ1v) is 7.10. The number of nitrogens with one attached hydrogen (secondary N) is 1. The van der Waals surface area contributed by atoms with E-state index in [4.69, 9.17) is 0 Å². The molecule has 0 bridgehead atoms. The Morgan fingerprint density at radius 3 is 2.65 bits per heavy atom. The van der Waals surface area contributed by atoms with Crippen molar-refractivity contribution < 1.29 is 4.79 Å². The highest BCUT2D eigenvalue weighted by molar-refractivity contribution is 5.79. The summed E-state index contributed by atoms with van der Waals surface area (Å²) in [6, 6.07) is 1.25. The first-order chi connectivity index (χ1) is 8.34. The summed E-state index contributed by atoms with van der Waals surface area (Å²) in [6.45, 7) is 4.90. The van der Waals surface area contributed by atoms with Crippen LogP contribution in [0.4, 0.5) is 0 Å². The van der Waals surface area contributed by atoms with Crippen LogP contribution in [0.5, 0.6) is 0 Å². The zero-order valence-electron chi connectivity index (χ0n) is 10.5. The first kappa shape index (κ1) is 11.5. The van der Waals surface area contributed by atoms with Gasteiger partial charge in [-0.25, -0.2) is 0 Å². The number of carbonyl (C=O) groups is 1. The summed E-state index contributed by atoms with van der Waals surface area (Å²) in [5.41, 5.74) is 0. The van der Waals surface area contributed by atoms with E-state index in [0.717, 1.165) is 26.2 Å². The van der Waals surface area contributed by atoms with E-state index in [1.165, 1.54) is 32.1 Å². The summed E-state index contributed by atoms with van der Waals surface area (Å²) in [5, 5.41) is 3.59. The molecule has 96 valence electrons. The van der Waals surface area contributed by atoms with Crippen LogP contribution in [0.3, 0.4) is 0 Å². The fourth-order valence-electron chi connectivity index (χ4n) is 3.38. The third-order valence-electron chi connectivity index (χ3n) is 4.52. The Morgan fingerprint density at radius 2 is 2.00 bits per heavy atom. The highest BCUT2D eigenvalue weighted by atomic mass is 16.2. The average molecular weight is 237 g/mol. The molecule has 17 heavy (non-hydrogen) atoms. The van der Waals surface area contributed by atoms with E-state index in [-0.39, 0.29) is 0 Å². The molecule has 3 aliphatic rings. The van der Waals surface area contributed by atoms with Crippen molar-refractivity contribution in [3.8, 4) is 0 Å². The van der Waals surface area contributed by atoms with Gasteiger partial charge in [0.2, 0.25) is 5.91 Å². The van der Waals surface area contributed by atoms with Gasteiger partial charge in [0.25, 0.3) is 0 Å². The van der Waals surface area contributed by atoms with Crippen LogP contribution < -0.4 is 5.32 Å². The van der Waals surface area contributed by atoms with Crippen LogP contribution in [0, 0.1) is 0 Å². The van der Waals surface area contributed by atoms with Crippen molar-refractivity contribution in [3.05, 3.63) is 0 Å². The molecule has 3 heterocycles. The largest absolute Gasteiger partial charge is 0.341 e. The van der Waals surface area contributed by atoms with E-state index in [2.05, 4.69) is 10.2 Å². The van der Waals surface area contributed by atoms with E-state index < -0.39 is 0 Å². The maximum Gasteiger partial charge on any atom is 0.236 e. The molecule has 3 aliphatic heterocycles. The molecular weight excluding hydrogens is 214 g/mol. The predicted molar refractivity (Wildman–Crippen MR) is 66.8 cm³/mol. The fourth-order valence-corrected chi connectivity index (χ4v) is 3.38. The minimum Gasteiger partial charge on any atom is -0.341 e. The lowest BCUT2D eigenvalue weighted by atomic mass is 10.0. The van der Waals surface area contributed by atoms with Gasteiger partial charge in [-0.3, -0.25) is 9.69 Å². The van der Waals surface area contributed by atoms with Crippen molar-refractivity contribution in [2.24, 2.45) is 0 Å². The normalized spacial score (nSPS) is 34.0. The zero-order chi connectivity index (χ0) is 11.7. The monoisotopic (exact) mass is 237 g/mol. The molecule has 0 spiro atoms. The highest BCUT2D eigenvalue weighted by Crippen LogP contribution is 2.24. The third-order valence-corrected chi connectivity index (χ3v) is 4.52. The van der Waals surface area contributed by atoms with Crippen molar-refractivity contribution in [1.82, 2.24) is 15.1 Å². The van der Waals surface area contributed by atoms with E-state index in [9.17, 15) is 4.79 Å². The number of carbonyl (C=O) groups excluding carboxylic acids is 1. The quantitative estimate of drug-likeness (QED) is 0.773. The molecule has 1 N–H and O–H groups in total. The maximum atomic E-state index is 12.0. The van der Waals surface area contributed by atoms with Gasteiger partial charge in [-0.2, -0.15) is 0 Å². The van der Waals surface area contributed by atoms with Crippen LogP contribution in [0.2, 0.25) is 0 Å². The van der Waals surface area contributed by atoms with E-state index >= 15 is 0 Å². The summed E-state index contributed by atoms with van der Waals surface area (Å²) in [4.78, 5) is 16.4. The third kappa shape index (κ3) is 2.33. The molecule has 0 radical (unpaired) electrons. The first-order valence-electron chi connectivity index (χ1n) is 7.10. The van der Waals surface area contributed by atoms with Gasteiger partial charge in [-0.1, -0.05) is 0 Å². The maximum absolute atomic E-state index is 12.0. The molecule has 0 aromatic carbocycles.